The summed E-state index contributed by atoms with van der Waals surface area (Å²) >= 11 is 0. The molecule has 1 saturated carbocycles. The first-order valence-corrected chi connectivity index (χ1v) is 6.04. The summed E-state index contributed by atoms with van der Waals surface area (Å²) < 4.78 is 1.39. The predicted octanol–water partition coefficient (Wildman–Crippen LogP) is 0.633. The second-order valence-corrected chi connectivity index (χ2v) is 4.64. The molecule has 0 radical (unpaired) electrons. The second kappa shape index (κ2) is 4.34. The number of nitrogens with zero attached hydrogens (tertiary/aromatic N) is 3. The summed E-state index contributed by atoms with van der Waals surface area (Å²) in [7, 11) is 1.62. The maximum absolute atomic E-state index is 11.9. The number of H-pyrrole nitrogens is 1. The molecule has 0 aliphatic heterocycles. The Morgan fingerprint density at radius 1 is 1.47 bits per heavy atom. The monoisotopic (exact) mass is 259 g/mol. The average Bonchev–Trinajstić information content (AvgIpc) is 3.11. The van der Waals surface area contributed by atoms with Crippen LogP contribution in [-0.4, -0.2) is 25.7 Å². The minimum Gasteiger partial charge on any atom is -0.318 e. The van der Waals surface area contributed by atoms with E-state index < -0.39 is 0 Å². The normalized spacial score (nSPS) is 14.4. The van der Waals surface area contributed by atoms with Gasteiger partial charge in [0.05, 0.1) is 5.69 Å². The van der Waals surface area contributed by atoms with Crippen molar-refractivity contribution in [1.82, 2.24) is 19.7 Å². The Bertz CT molecular complexity index is 683. The molecule has 98 valence electrons. The van der Waals surface area contributed by atoms with Crippen LogP contribution in [-0.2, 0) is 7.05 Å². The summed E-state index contributed by atoms with van der Waals surface area (Å²) in [4.78, 5) is 27.3. The minimum absolute atomic E-state index is 0.121. The molecule has 0 unspecified atom stereocenters. The second-order valence-electron chi connectivity index (χ2n) is 4.64. The minimum atomic E-state index is -0.387. The van der Waals surface area contributed by atoms with Gasteiger partial charge in [-0.1, -0.05) is 0 Å². The lowest BCUT2D eigenvalue weighted by Gasteiger charge is -2.03. The molecule has 1 aliphatic carbocycles. The van der Waals surface area contributed by atoms with Gasteiger partial charge in [0, 0.05) is 25.2 Å². The SMILES string of the molecule is Cn1cc(NC(=O)c2n[nH]c(C3CC3)n2)ccc1=O. The molecule has 2 heterocycles. The standard InChI is InChI=1S/C12H13N5O2/c1-17-6-8(4-5-9(17)18)13-12(19)11-14-10(15-16-11)7-2-3-7/h4-7H,2-3H2,1H3,(H,13,19)(H,14,15,16). The summed E-state index contributed by atoms with van der Waals surface area (Å²) in [5.41, 5.74) is 0.400. The number of hydrogen-bond acceptors (Lipinski definition) is 4. The lowest BCUT2D eigenvalue weighted by molar-refractivity contribution is 0.101. The maximum Gasteiger partial charge on any atom is 0.295 e. The largest absolute Gasteiger partial charge is 0.318 e. The zero-order chi connectivity index (χ0) is 13.4. The van der Waals surface area contributed by atoms with Gasteiger partial charge >= 0.3 is 0 Å². The van der Waals surface area contributed by atoms with E-state index in [0.29, 0.717) is 11.6 Å². The molecule has 0 bridgehead atoms. The summed E-state index contributed by atoms with van der Waals surface area (Å²) in [6, 6.07) is 2.94. The highest BCUT2D eigenvalue weighted by Gasteiger charge is 2.28. The number of hydrogen-bond donors (Lipinski definition) is 2. The summed E-state index contributed by atoms with van der Waals surface area (Å²) in [5.74, 6) is 0.926. The molecule has 0 atom stereocenters. The highest BCUT2D eigenvalue weighted by Crippen LogP contribution is 2.37. The fourth-order valence-corrected chi connectivity index (χ4v) is 1.77. The first-order valence-electron chi connectivity index (χ1n) is 6.04. The molecule has 0 aromatic carbocycles. The van der Waals surface area contributed by atoms with E-state index >= 15 is 0 Å². The van der Waals surface area contributed by atoms with Gasteiger partial charge in [-0.3, -0.25) is 14.7 Å². The van der Waals surface area contributed by atoms with Crippen LogP contribution >= 0.6 is 0 Å². The summed E-state index contributed by atoms with van der Waals surface area (Å²) in [6.45, 7) is 0. The summed E-state index contributed by atoms with van der Waals surface area (Å²) in [6.07, 6.45) is 3.74. The first-order chi connectivity index (χ1) is 9.13. The number of pyridine rings is 1. The van der Waals surface area contributed by atoms with E-state index in [1.807, 2.05) is 0 Å². The van der Waals surface area contributed by atoms with Crippen molar-refractivity contribution in [3.63, 3.8) is 0 Å². The molecule has 0 spiro atoms. The van der Waals surface area contributed by atoms with E-state index in [1.54, 1.807) is 19.3 Å². The van der Waals surface area contributed by atoms with Gasteiger partial charge in [0.1, 0.15) is 5.82 Å². The van der Waals surface area contributed by atoms with Crippen LogP contribution < -0.4 is 10.9 Å². The predicted molar refractivity (Wildman–Crippen MR) is 68.0 cm³/mol. The quantitative estimate of drug-likeness (QED) is 0.845. The van der Waals surface area contributed by atoms with Crippen molar-refractivity contribution in [2.45, 2.75) is 18.8 Å². The van der Waals surface area contributed by atoms with E-state index in [2.05, 4.69) is 20.5 Å². The Labute approximate surface area is 108 Å². The zero-order valence-corrected chi connectivity index (χ0v) is 10.4. The number of carbonyl (C=O) groups is 1. The third kappa shape index (κ3) is 2.40. The average molecular weight is 259 g/mol. The Morgan fingerprint density at radius 3 is 2.95 bits per heavy atom. The van der Waals surface area contributed by atoms with Crippen LogP contribution in [0.25, 0.3) is 0 Å². The number of aromatic nitrogens is 4. The molecule has 7 heteroatoms. The molecule has 1 aliphatic rings. The van der Waals surface area contributed by atoms with Gasteiger partial charge in [-0.15, -0.1) is 5.10 Å². The van der Waals surface area contributed by atoms with Crippen LogP contribution in [0.15, 0.2) is 23.1 Å². The number of aromatic amines is 1. The third-order valence-electron chi connectivity index (χ3n) is 3.01. The highest BCUT2D eigenvalue weighted by molar-refractivity contribution is 6.01. The van der Waals surface area contributed by atoms with E-state index in [9.17, 15) is 9.59 Å². The molecule has 2 aromatic rings. The number of rotatable bonds is 3. The van der Waals surface area contributed by atoms with Crippen molar-refractivity contribution in [3.8, 4) is 0 Å². The van der Waals surface area contributed by atoms with Crippen LogP contribution in [0.4, 0.5) is 5.69 Å². The molecular formula is C12H13N5O2. The molecule has 2 N–H and O–H groups in total. The van der Waals surface area contributed by atoms with Crippen LogP contribution in [0, 0.1) is 0 Å². The van der Waals surface area contributed by atoms with Gasteiger partial charge in [-0.05, 0) is 18.9 Å². The topological polar surface area (TPSA) is 92.7 Å². The van der Waals surface area contributed by atoms with Gasteiger partial charge in [-0.2, -0.15) is 0 Å². The van der Waals surface area contributed by atoms with Crippen molar-refractivity contribution in [1.29, 1.82) is 0 Å². The first kappa shape index (κ1) is 11.6. The Kier molecular flexibility index (Phi) is 2.66. The van der Waals surface area contributed by atoms with Gasteiger partial charge in [0.2, 0.25) is 11.4 Å². The number of nitrogens with one attached hydrogen (secondary N) is 2. The smallest absolute Gasteiger partial charge is 0.295 e. The van der Waals surface area contributed by atoms with Crippen LogP contribution in [0.3, 0.4) is 0 Å². The van der Waals surface area contributed by atoms with Crippen molar-refractivity contribution in [3.05, 3.63) is 40.3 Å². The van der Waals surface area contributed by atoms with E-state index in [1.165, 1.54) is 10.6 Å². The van der Waals surface area contributed by atoms with Crippen LogP contribution in [0.1, 0.15) is 35.2 Å². The number of carbonyl (C=O) groups excluding carboxylic acids is 1. The Morgan fingerprint density at radius 2 is 2.26 bits per heavy atom. The molecular weight excluding hydrogens is 246 g/mol. The lowest BCUT2D eigenvalue weighted by atomic mass is 10.4. The van der Waals surface area contributed by atoms with E-state index in [4.69, 9.17) is 0 Å². The zero-order valence-electron chi connectivity index (χ0n) is 10.4. The molecule has 7 nitrogen and oxygen atoms in total. The van der Waals surface area contributed by atoms with Gasteiger partial charge in [-0.25, -0.2) is 4.98 Å². The molecule has 0 saturated heterocycles. The molecule has 1 amide bonds. The summed E-state index contributed by atoms with van der Waals surface area (Å²) in [5, 5.41) is 9.33. The van der Waals surface area contributed by atoms with Crippen molar-refractivity contribution >= 4 is 11.6 Å². The Hall–Kier alpha value is -2.44. The van der Waals surface area contributed by atoms with Gasteiger partial charge in [0.15, 0.2) is 0 Å². The fraction of sp³-hybridized carbons (Fsp3) is 0.333. The highest BCUT2D eigenvalue weighted by atomic mass is 16.2. The number of anilines is 1. The number of aryl methyl sites for hydroxylation is 1. The number of amides is 1. The molecule has 3 rings (SSSR count). The fourth-order valence-electron chi connectivity index (χ4n) is 1.77. The van der Waals surface area contributed by atoms with Crippen LogP contribution in [0.2, 0.25) is 0 Å². The molecule has 19 heavy (non-hydrogen) atoms. The van der Waals surface area contributed by atoms with Crippen molar-refractivity contribution < 1.29 is 4.79 Å². The lowest BCUT2D eigenvalue weighted by Crippen LogP contribution is -2.18. The van der Waals surface area contributed by atoms with Gasteiger partial charge in [0.25, 0.3) is 5.91 Å². The van der Waals surface area contributed by atoms with Gasteiger partial charge < -0.3 is 9.88 Å². The van der Waals surface area contributed by atoms with Crippen molar-refractivity contribution in [2.24, 2.45) is 7.05 Å². The van der Waals surface area contributed by atoms with Crippen molar-refractivity contribution in [2.75, 3.05) is 5.32 Å². The maximum atomic E-state index is 11.9. The van der Waals surface area contributed by atoms with Crippen LogP contribution in [0.5, 0.6) is 0 Å². The van der Waals surface area contributed by atoms with E-state index in [0.717, 1.165) is 18.7 Å². The molecule has 1 fully saturated rings. The van der Waals surface area contributed by atoms with E-state index in [-0.39, 0.29) is 17.3 Å². The Balaban J connectivity index is 1.75. The third-order valence-corrected chi connectivity index (χ3v) is 3.01. The molecule has 2 aromatic heterocycles.